The van der Waals surface area contributed by atoms with E-state index in [0.29, 0.717) is 35.1 Å². The zero-order valence-electron chi connectivity index (χ0n) is 19.6. The summed E-state index contributed by atoms with van der Waals surface area (Å²) >= 11 is 12.5. The minimum absolute atomic E-state index is 0.0579. The number of benzene rings is 1. The van der Waals surface area contributed by atoms with Crippen LogP contribution in [0.15, 0.2) is 48.7 Å². The third kappa shape index (κ3) is 4.28. The fourth-order valence-corrected chi connectivity index (χ4v) is 5.51. The van der Waals surface area contributed by atoms with E-state index in [2.05, 4.69) is 45.7 Å². The van der Waals surface area contributed by atoms with Crippen LogP contribution in [0.4, 0.5) is 5.69 Å². The molecule has 2 atom stereocenters. The summed E-state index contributed by atoms with van der Waals surface area (Å²) in [5.41, 5.74) is 5.70. The SMILES string of the molecule is COCCOc1ccc(N2C(=S)N[C@H](c3ccccn3)[C@H]2c2cc(C)n(C3CC3)c2C)cc1Cl. The van der Waals surface area contributed by atoms with Crippen molar-refractivity contribution in [2.75, 3.05) is 25.2 Å². The highest BCUT2D eigenvalue weighted by Gasteiger charge is 2.43. The minimum atomic E-state index is -0.0849. The van der Waals surface area contributed by atoms with Crippen molar-refractivity contribution in [1.82, 2.24) is 14.9 Å². The number of methoxy groups -OCH3 is 1. The Hall–Kier alpha value is -2.61. The van der Waals surface area contributed by atoms with Gasteiger partial charge in [0.1, 0.15) is 12.4 Å². The molecule has 178 valence electrons. The average Bonchev–Trinajstić information content (AvgIpc) is 3.54. The predicted octanol–water partition coefficient (Wildman–Crippen LogP) is 5.69. The van der Waals surface area contributed by atoms with Gasteiger partial charge in [-0.25, -0.2) is 0 Å². The number of nitrogens with one attached hydrogen (secondary N) is 1. The Balaban J connectivity index is 1.56. The summed E-state index contributed by atoms with van der Waals surface area (Å²) in [7, 11) is 1.65. The number of nitrogens with zero attached hydrogens (tertiary/aromatic N) is 3. The maximum absolute atomic E-state index is 6.62. The van der Waals surface area contributed by atoms with Crippen molar-refractivity contribution >= 4 is 34.6 Å². The van der Waals surface area contributed by atoms with Crippen LogP contribution < -0.4 is 15.0 Å². The first-order valence-electron chi connectivity index (χ1n) is 11.6. The number of aryl methyl sites for hydroxylation is 1. The van der Waals surface area contributed by atoms with Gasteiger partial charge in [-0.15, -0.1) is 0 Å². The number of aromatic nitrogens is 2. The topological polar surface area (TPSA) is 51.6 Å². The Labute approximate surface area is 210 Å². The van der Waals surface area contributed by atoms with Crippen LogP contribution in [-0.2, 0) is 4.74 Å². The van der Waals surface area contributed by atoms with Gasteiger partial charge in [-0.3, -0.25) is 4.98 Å². The molecule has 0 bridgehead atoms. The summed E-state index contributed by atoms with van der Waals surface area (Å²) in [5, 5.41) is 4.73. The molecule has 0 spiro atoms. The van der Waals surface area contributed by atoms with Gasteiger partial charge < -0.3 is 24.3 Å². The summed E-state index contributed by atoms with van der Waals surface area (Å²) in [4.78, 5) is 6.83. The molecule has 3 aromatic rings. The van der Waals surface area contributed by atoms with Crippen molar-refractivity contribution < 1.29 is 9.47 Å². The molecule has 1 saturated carbocycles. The van der Waals surface area contributed by atoms with Crippen molar-refractivity contribution in [2.24, 2.45) is 0 Å². The highest BCUT2D eigenvalue weighted by molar-refractivity contribution is 7.80. The Morgan fingerprint density at radius 2 is 1.97 bits per heavy atom. The van der Waals surface area contributed by atoms with Crippen molar-refractivity contribution in [1.29, 1.82) is 0 Å². The van der Waals surface area contributed by atoms with Crippen LogP contribution in [-0.4, -0.2) is 35.0 Å². The van der Waals surface area contributed by atoms with Crippen LogP contribution in [0.5, 0.6) is 5.75 Å². The van der Waals surface area contributed by atoms with Crippen LogP contribution in [0.2, 0.25) is 5.02 Å². The first-order valence-corrected chi connectivity index (χ1v) is 12.4. The van der Waals surface area contributed by atoms with Crippen molar-refractivity contribution in [3.63, 3.8) is 0 Å². The molecule has 0 radical (unpaired) electrons. The van der Waals surface area contributed by atoms with Gasteiger partial charge in [-0.1, -0.05) is 17.7 Å². The molecule has 1 N–H and O–H groups in total. The molecule has 1 aromatic carbocycles. The van der Waals surface area contributed by atoms with E-state index in [1.807, 2.05) is 36.5 Å². The van der Waals surface area contributed by atoms with Gasteiger partial charge in [0.25, 0.3) is 0 Å². The summed E-state index contributed by atoms with van der Waals surface area (Å²) in [5.74, 6) is 0.630. The van der Waals surface area contributed by atoms with Crippen LogP contribution in [0.25, 0.3) is 0 Å². The van der Waals surface area contributed by atoms with Crippen LogP contribution >= 0.6 is 23.8 Å². The molecule has 1 aliphatic heterocycles. The molecule has 6 nitrogen and oxygen atoms in total. The Morgan fingerprint density at radius 1 is 1.15 bits per heavy atom. The summed E-state index contributed by atoms with van der Waals surface area (Å²) in [6.45, 7) is 5.35. The van der Waals surface area contributed by atoms with Crippen molar-refractivity contribution in [3.05, 3.63) is 76.3 Å². The van der Waals surface area contributed by atoms with E-state index in [1.54, 1.807) is 7.11 Å². The highest BCUT2D eigenvalue weighted by atomic mass is 35.5. The second kappa shape index (κ2) is 9.56. The van der Waals surface area contributed by atoms with E-state index < -0.39 is 0 Å². The third-order valence-corrected chi connectivity index (χ3v) is 7.20. The lowest BCUT2D eigenvalue weighted by Gasteiger charge is -2.28. The largest absolute Gasteiger partial charge is 0.490 e. The molecule has 0 unspecified atom stereocenters. The van der Waals surface area contributed by atoms with Gasteiger partial charge in [-0.2, -0.15) is 0 Å². The zero-order valence-corrected chi connectivity index (χ0v) is 21.2. The summed E-state index contributed by atoms with van der Waals surface area (Å²) in [6, 6.07) is 14.6. The minimum Gasteiger partial charge on any atom is -0.490 e. The Morgan fingerprint density at radius 3 is 2.65 bits per heavy atom. The number of rotatable bonds is 8. The standard InChI is InChI=1S/C26H29ClN4O2S/c1-16-14-20(17(2)30(16)18-7-8-18)25-24(22-6-4-5-11-28-22)29-26(34)31(25)19-9-10-23(21(27)15-19)33-13-12-32-3/h4-6,9-11,14-15,18,24-25H,7-8,12-13H2,1-3H3,(H,29,34)/t24-,25-/m1/s1. The normalized spacial score (nSPS) is 20.0. The second-order valence-electron chi connectivity index (χ2n) is 8.88. The van der Waals surface area contributed by atoms with Crippen LogP contribution in [0.1, 0.15) is 53.6 Å². The van der Waals surface area contributed by atoms with Crippen molar-refractivity contribution in [2.45, 2.75) is 44.8 Å². The molecule has 1 aliphatic carbocycles. The molecule has 2 aromatic heterocycles. The summed E-state index contributed by atoms with van der Waals surface area (Å²) < 4.78 is 13.3. The van der Waals surface area contributed by atoms with Gasteiger partial charge in [0.15, 0.2) is 5.11 Å². The molecule has 0 amide bonds. The Kier molecular flexibility index (Phi) is 6.51. The number of ether oxygens (including phenoxy) is 2. The number of thiocarbonyl (C=S) groups is 1. The zero-order chi connectivity index (χ0) is 23.8. The molecular weight excluding hydrogens is 468 g/mol. The van der Waals surface area contributed by atoms with Gasteiger partial charge in [0.2, 0.25) is 0 Å². The number of pyridine rings is 1. The number of halogens is 1. The quantitative estimate of drug-likeness (QED) is 0.319. The second-order valence-corrected chi connectivity index (χ2v) is 9.67. The highest BCUT2D eigenvalue weighted by Crippen LogP contribution is 2.46. The lowest BCUT2D eigenvalue weighted by Crippen LogP contribution is -2.29. The maximum Gasteiger partial charge on any atom is 0.174 e. The molecule has 2 fully saturated rings. The Bertz CT molecular complexity index is 1200. The van der Waals surface area contributed by atoms with E-state index in [4.69, 9.17) is 33.3 Å². The lowest BCUT2D eigenvalue weighted by atomic mass is 9.96. The molecule has 34 heavy (non-hydrogen) atoms. The smallest absolute Gasteiger partial charge is 0.174 e. The first kappa shape index (κ1) is 23.1. The molecule has 8 heteroatoms. The van der Waals surface area contributed by atoms with Gasteiger partial charge in [0.05, 0.1) is 29.4 Å². The first-order chi connectivity index (χ1) is 16.5. The third-order valence-electron chi connectivity index (χ3n) is 6.59. The van der Waals surface area contributed by atoms with Crippen LogP contribution in [0, 0.1) is 13.8 Å². The number of anilines is 1. The molecule has 5 rings (SSSR count). The fourth-order valence-electron chi connectivity index (χ4n) is 4.94. The van der Waals surface area contributed by atoms with Gasteiger partial charge >= 0.3 is 0 Å². The van der Waals surface area contributed by atoms with Crippen molar-refractivity contribution in [3.8, 4) is 5.75 Å². The van der Waals surface area contributed by atoms with E-state index in [9.17, 15) is 0 Å². The number of hydrogen-bond acceptors (Lipinski definition) is 4. The maximum atomic E-state index is 6.62. The molecular formula is C26H29ClN4O2S. The van der Waals surface area contributed by atoms with E-state index in [1.165, 1.54) is 29.8 Å². The van der Waals surface area contributed by atoms with E-state index in [0.717, 1.165) is 11.4 Å². The average molecular weight is 497 g/mol. The molecule has 1 saturated heterocycles. The monoisotopic (exact) mass is 496 g/mol. The van der Waals surface area contributed by atoms with E-state index in [-0.39, 0.29) is 12.1 Å². The lowest BCUT2D eigenvalue weighted by molar-refractivity contribution is 0.146. The predicted molar refractivity (Wildman–Crippen MR) is 139 cm³/mol. The van der Waals surface area contributed by atoms with Gasteiger partial charge in [0, 0.05) is 36.4 Å². The molecule has 3 heterocycles. The van der Waals surface area contributed by atoms with Crippen LogP contribution in [0.3, 0.4) is 0 Å². The fraction of sp³-hybridized carbons (Fsp3) is 0.385. The summed E-state index contributed by atoms with van der Waals surface area (Å²) in [6.07, 6.45) is 4.31. The van der Waals surface area contributed by atoms with E-state index >= 15 is 0 Å². The van der Waals surface area contributed by atoms with Gasteiger partial charge in [-0.05, 0) is 80.9 Å². The number of hydrogen-bond donors (Lipinski definition) is 1. The molecule has 2 aliphatic rings.